The van der Waals surface area contributed by atoms with E-state index in [4.69, 9.17) is 12.5 Å². The summed E-state index contributed by atoms with van der Waals surface area (Å²) in [6.07, 6.45) is 3.00. The number of nitrogen functional groups attached to an aromatic ring is 1. The molecule has 3 rings (SSSR count). The van der Waals surface area contributed by atoms with Crippen molar-refractivity contribution in [3.8, 4) is 0 Å². The standard InChI is InChI=1S/C22H28N4O3S/c1-16-5-11-19(12-6-16)30(28,29)25-20(22(27)26-13-3-2-4-14-26)15-17-7-9-18(10-8-17)21(23)24/h5-12,20,25H,2-4,13-15H2,1H3,(H3,23,24)/t20-/m0/s1/i11D. The molecule has 4 N–H and O–H groups in total. The minimum Gasteiger partial charge on any atom is -0.384 e. The number of hydrogen-bond donors (Lipinski definition) is 3. The van der Waals surface area contributed by atoms with Gasteiger partial charge in [-0.3, -0.25) is 10.2 Å². The van der Waals surface area contributed by atoms with Crippen LogP contribution in [0.1, 0.15) is 37.3 Å². The van der Waals surface area contributed by atoms with Crippen LogP contribution < -0.4 is 10.5 Å². The number of nitrogens with zero attached hydrogens (tertiary/aromatic N) is 1. The van der Waals surface area contributed by atoms with Crippen LogP contribution in [-0.4, -0.2) is 44.2 Å². The number of rotatable bonds is 7. The van der Waals surface area contributed by atoms with Crippen LogP contribution in [0.4, 0.5) is 0 Å². The van der Waals surface area contributed by atoms with E-state index >= 15 is 0 Å². The lowest BCUT2D eigenvalue weighted by Gasteiger charge is -2.30. The first-order chi connectivity index (χ1) is 14.7. The summed E-state index contributed by atoms with van der Waals surface area (Å²) in [5.41, 5.74) is 7.59. The minimum atomic E-state index is -4.07. The van der Waals surface area contributed by atoms with E-state index in [-0.39, 0.29) is 29.1 Å². The molecule has 0 spiro atoms. The third kappa shape index (κ3) is 5.46. The van der Waals surface area contributed by atoms with Gasteiger partial charge in [-0.05, 0) is 50.3 Å². The van der Waals surface area contributed by atoms with Crippen LogP contribution >= 0.6 is 0 Å². The summed E-state index contributed by atoms with van der Waals surface area (Å²) in [4.78, 5) is 14.8. The highest BCUT2D eigenvalue weighted by molar-refractivity contribution is 7.89. The zero-order valence-corrected chi connectivity index (χ0v) is 17.8. The van der Waals surface area contributed by atoms with Gasteiger partial charge in [0.2, 0.25) is 15.9 Å². The van der Waals surface area contributed by atoms with Crippen molar-refractivity contribution >= 4 is 21.8 Å². The Kier molecular flexibility index (Phi) is 6.44. The molecule has 1 saturated heterocycles. The van der Waals surface area contributed by atoms with Crippen LogP contribution in [-0.2, 0) is 21.2 Å². The Labute approximate surface area is 179 Å². The quantitative estimate of drug-likeness (QED) is 0.462. The van der Waals surface area contributed by atoms with Gasteiger partial charge in [-0.15, -0.1) is 0 Å². The minimum absolute atomic E-state index is 0.0597. The number of piperidine rings is 1. The van der Waals surface area contributed by atoms with Crippen LogP contribution in [0.5, 0.6) is 0 Å². The number of likely N-dealkylation sites (tertiary alicyclic amines) is 1. The molecule has 0 aromatic heterocycles. The van der Waals surface area contributed by atoms with Crippen LogP contribution in [0.25, 0.3) is 0 Å². The molecule has 1 aliphatic heterocycles. The van der Waals surface area contributed by atoms with Crippen molar-refractivity contribution in [2.45, 2.75) is 43.5 Å². The van der Waals surface area contributed by atoms with E-state index < -0.39 is 16.1 Å². The predicted octanol–water partition coefficient (Wildman–Crippen LogP) is 2.18. The molecule has 7 nitrogen and oxygen atoms in total. The van der Waals surface area contributed by atoms with Gasteiger partial charge in [0.15, 0.2) is 0 Å². The molecule has 160 valence electrons. The van der Waals surface area contributed by atoms with E-state index in [1.165, 1.54) is 12.1 Å². The molecule has 2 aromatic rings. The number of aryl methyl sites for hydroxylation is 1. The molecular formula is C22H28N4O3S. The van der Waals surface area contributed by atoms with Crippen molar-refractivity contribution in [3.63, 3.8) is 0 Å². The largest absolute Gasteiger partial charge is 0.384 e. The summed E-state index contributed by atoms with van der Waals surface area (Å²) in [6, 6.07) is 10.2. The average molecular weight is 430 g/mol. The molecule has 1 fully saturated rings. The number of carbonyl (C=O) groups is 1. The van der Waals surface area contributed by atoms with Crippen molar-refractivity contribution < 1.29 is 14.6 Å². The Hall–Kier alpha value is -2.71. The molecule has 2 aromatic carbocycles. The Morgan fingerprint density at radius 2 is 1.83 bits per heavy atom. The molecule has 0 saturated carbocycles. The number of hydrogen-bond acceptors (Lipinski definition) is 4. The van der Waals surface area contributed by atoms with E-state index in [9.17, 15) is 13.2 Å². The lowest BCUT2D eigenvalue weighted by Crippen LogP contribution is -2.50. The molecule has 1 atom stereocenters. The zero-order valence-electron chi connectivity index (χ0n) is 18.0. The molecule has 0 unspecified atom stereocenters. The number of benzene rings is 2. The molecule has 0 radical (unpaired) electrons. The molecule has 1 amide bonds. The van der Waals surface area contributed by atoms with E-state index in [2.05, 4.69) is 4.72 Å². The van der Waals surface area contributed by atoms with E-state index in [1.54, 1.807) is 42.2 Å². The molecular weight excluding hydrogens is 400 g/mol. The second kappa shape index (κ2) is 9.40. The fourth-order valence-corrected chi connectivity index (χ4v) is 4.62. The molecule has 0 bridgehead atoms. The third-order valence-corrected chi connectivity index (χ3v) is 6.63. The highest BCUT2D eigenvalue weighted by Crippen LogP contribution is 2.16. The van der Waals surface area contributed by atoms with Crippen molar-refractivity contribution in [1.29, 1.82) is 5.41 Å². The lowest BCUT2D eigenvalue weighted by atomic mass is 10.0. The highest BCUT2D eigenvalue weighted by atomic mass is 32.2. The van der Waals surface area contributed by atoms with Gasteiger partial charge < -0.3 is 10.6 Å². The first-order valence-electron chi connectivity index (χ1n) is 10.5. The first-order valence-corrected chi connectivity index (χ1v) is 11.5. The van der Waals surface area contributed by atoms with Gasteiger partial charge in [-0.2, -0.15) is 4.72 Å². The topological polar surface area (TPSA) is 116 Å². The van der Waals surface area contributed by atoms with Crippen molar-refractivity contribution in [2.24, 2.45) is 5.73 Å². The van der Waals surface area contributed by atoms with Crippen LogP contribution in [0.15, 0.2) is 53.4 Å². The summed E-state index contributed by atoms with van der Waals surface area (Å²) in [7, 11) is -4.07. The zero-order chi connectivity index (χ0) is 22.6. The van der Waals surface area contributed by atoms with Crippen molar-refractivity contribution in [2.75, 3.05) is 13.1 Å². The maximum Gasteiger partial charge on any atom is 0.241 e. The normalized spacial score (nSPS) is 16.0. The monoisotopic (exact) mass is 429 g/mol. The SMILES string of the molecule is [2H]c1cc(C)ccc1S(=O)(=O)N[C@@H](Cc1ccc(C(=N)N)cc1)C(=O)N1CCCCC1. The van der Waals surface area contributed by atoms with Gasteiger partial charge >= 0.3 is 0 Å². The number of nitrogens with one attached hydrogen (secondary N) is 2. The Balaban J connectivity index is 1.89. The predicted molar refractivity (Wildman–Crippen MR) is 117 cm³/mol. The number of sulfonamides is 1. The van der Waals surface area contributed by atoms with Crippen LogP contribution in [0.2, 0.25) is 0 Å². The van der Waals surface area contributed by atoms with E-state index in [1.807, 2.05) is 0 Å². The average Bonchev–Trinajstić information content (AvgIpc) is 2.73. The fraction of sp³-hybridized carbons (Fsp3) is 0.364. The second-order valence-electron chi connectivity index (χ2n) is 7.60. The van der Waals surface area contributed by atoms with Crippen LogP contribution in [0, 0.1) is 12.3 Å². The Bertz CT molecular complexity index is 1060. The summed E-state index contributed by atoms with van der Waals surface area (Å²) in [6.45, 7) is 3.00. The molecule has 0 aliphatic carbocycles. The summed E-state index contributed by atoms with van der Waals surface area (Å²) in [5, 5.41) is 7.51. The van der Waals surface area contributed by atoms with Gasteiger partial charge in [0.1, 0.15) is 11.9 Å². The van der Waals surface area contributed by atoms with Gasteiger partial charge in [0, 0.05) is 18.7 Å². The smallest absolute Gasteiger partial charge is 0.241 e. The van der Waals surface area contributed by atoms with Gasteiger partial charge in [-0.25, -0.2) is 8.42 Å². The fourth-order valence-electron chi connectivity index (χ4n) is 3.48. The van der Waals surface area contributed by atoms with Gasteiger partial charge in [-0.1, -0.05) is 42.0 Å². The van der Waals surface area contributed by atoms with Gasteiger partial charge in [0.25, 0.3) is 0 Å². The van der Waals surface area contributed by atoms with Crippen molar-refractivity contribution in [1.82, 2.24) is 9.62 Å². The van der Waals surface area contributed by atoms with Crippen LogP contribution in [0.3, 0.4) is 0 Å². The van der Waals surface area contributed by atoms with E-state index in [0.717, 1.165) is 30.4 Å². The van der Waals surface area contributed by atoms with E-state index in [0.29, 0.717) is 18.7 Å². The molecule has 30 heavy (non-hydrogen) atoms. The molecule has 8 heteroatoms. The third-order valence-electron chi connectivity index (χ3n) is 5.20. The molecule has 1 aliphatic rings. The highest BCUT2D eigenvalue weighted by Gasteiger charge is 2.30. The Morgan fingerprint density at radius 1 is 1.17 bits per heavy atom. The summed E-state index contributed by atoms with van der Waals surface area (Å²) >= 11 is 0. The maximum atomic E-state index is 13.2. The molecule has 1 heterocycles. The Morgan fingerprint density at radius 3 is 2.43 bits per heavy atom. The maximum absolute atomic E-state index is 13.2. The lowest BCUT2D eigenvalue weighted by molar-refractivity contribution is -0.133. The van der Waals surface area contributed by atoms with Gasteiger partial charge in [0.05, 0.1) is 6.27 Å². The first kappa shape index (κ1) is 20.6. The second-order valence-corrected chi connectivity index (χ2v) is 9.29. The number of nitrogens with two attached hydrogens (primary N) is 1. The van der Waals surface area contributed by atoms with Crippen molar-refractivity contribution in [3.05, 3.63) is 65.2 Å². The summed E-state index contributed by atoms with van der Waals surface area (Å²) in [5.74, 6) is -0.326. The number of amidine groups is 1. The summed E-state index contributed by atoms with van der Waals surface area (Å²) < 4.78 is 36.7. The number of carbonyl (C=O) groups excluding carboxylic acids is 1. The number of amides is 1.